The zero-order valence-corrected chi connectivity index (χ0v) is 23.4. The number of aromatic nitrogens is 4. The van der Waals surface area contributed by atoms with Crippen LogP contribution >= 0.6 is 0 Å². The van der Waals surface area contributed by atoms with Crippen LogP contribution in [-0.4, -0.2) is 57.4 Å². The summed E-state index contributed by atoms with van der Waals surface area (Å²) in [5.74, 6) is 2.86. The number of anilines is 4. The Bertz CT molecular complexity index is 1390. The Morgan fingerprint density at radius 2 is 1.64 bits per heavy atom. The third kappa shape index (κ3) is 5.77. The van der Waals surface area contributed by atoms with Crippen LogP contribution in [0.4, 0.5) is 23.1 Å². The van der Waals surface area contributed by atoms with E-state index in [0.717, 1.165) is 34.1 Å². The predicted molar refractivity (Wildman–Crippen MR) is 159 cm³/mol. The van der Waals surface area contributed by atoms with Crippen molar-refractivity contribution in [1.29, 1.82) is 0 Å². The van der Waals surface area contributed by atoms with Crippen molar-refractivity contribution in [2.24, 2.45) is 13.0 Å². The van der Waals surface area contributed by atoms with Crippen LogP contribution in [0.1, 0.15) is 48.3 Å². The quantitative estimate of drug-likeness (QED) is 0.288. The van der Waals surface area contributed by atoms with Gasteiger partial charge in [0.2, 0.25) is 5.95 Å². The van der Waals surface area contributed by atoms with Gasteiger partial charge in [-0.15, -0.1) is 0 Å². The zero-order valence-electron chi connectivity index (χ0n) is 23.4. The van der Waals surface area contributed by atoms with Gasteiger partial charge in [0.1, 0.15) is 0 Å². The summed E-state index contributed by atoms with van der Waals surface area (Å²) in [6, 6.07) is 15.1. The molecule has 2 aromatic heterocycles. The number of rotatable bonds is 7. The number of nitrogens with one attached hydrogen (secondary N) is 3. The van der Waals surface area contributed by atoms with E-state index in [1.54, 1.807) is 4.68 Å². The number of fused-ring (bicyclic) bond motifs is 1. The summed E-state index contributed by atoms with van der Waals surface area (Å²) in [4.78, 5) is 12.1. The first kappa shape index (κ1) is 25.8. The summed E-state index contributed by atoms with van der Waals surface area (Å²) < 4.78 is 1.80. The molecule has 39 heavy (non-hydrogen) atoms. The van der Waals surface area contributed by atoms with E-state index < -0.39 is 0 Å². The summed E-state index contributed by atoms with van der Waals surface area (Å²) in [7, 11) is 1.92. The lowest BCUT2D eigenvalue weighted by Gasteiger charge is -2.35. The molecular weight excluding hydrogens is 484 g/mol. The van der Waals surface area contributed by atoms with E-state index in [1.165, 1.54) is 75.1 Å². The second-order valence-corrected chi connectivity index (χ2v) is 11.3. The first-order valence-corrected chi connectivity index (χ1v) is 14.4. The van der Waals surface area contributed by atoms with Crippen molar-refractivity contribution >= 4 is 34.2 Å². The number of benzene rings is 2. The number of nitrogens with zero attached hydrogens (tertiary/aromatic N) is 5. The number of para-hydroxylation sites is 1. The predicted octanol–water partition coefficient (Wildman–Crippen LogP) is 5.65. The second-order valence-electron chi connectivity index (χ2n) is 11.3. The van der Waals surface area contributed by atoms with Crippen LogP contribution in [0, 0.1) is 19.8 Å². The minimum Gasteiger partial charge on any atom is -0.338 e. The highest BCUT2D eigenvalue weighted by atomic mass is 15.3. The Morgan fingerprint density at radius 1 is 0.923 bits per heavy atom. The molecule has 2 aromatic carbocycles. The maximum absolute atomic E-state index is 4.77. The Kier molecular flexibility index (Phi) is 7.48. The Balaban J connectivity index is 1.08. The maximum atomic E-state index is 4.77. The Labute approximate surface area is 231 Å². The van der Waals surface area contributed by atoms with Gasteiger partial charge in [0, 0.05) is 31.2 Å². The van der Waals surface area contributed by atoms with Crippen molar-refractivity contribution in [1.82, 2.24) is 30.0 Å². The number of hydrogen-bond acceptors (Lipinski definition) is 7. The van der Waals surface area contributed by atoms with Crippen molar-refractivity contribution in [3.63, 3.8) is 0 Å². The van der Waals surface area contributed by atoms with Gasteiger partial charge < -0.3 is 20.9 Å². The number of hydrogen-bond donors (Lipinski definition) is 3. The van der Waals surface area contributed by atoms with E-state index in [1.807, 2.05) is 13.2 Å². The first-order chi connectivity index (χ1) is 19.0. The highest BCUT2D eigenvalue weighted by Crippen LogP contribution is 2.31. The van der Waals surface area contributed by atoms with Crippen LogP contribution in [0.3, 0.4) is 0 Å². The van der Waals surface area contributed by atoms with E-state index in [4.69, 9.17) is 4.98 Å². The van der Waals surface area contributed by atoms with Crippen LogP contribution < -0.4 is 16.0 Å². The molecule has 2 aliphatic rings. The maximum Gasteiger partial charge on any atom is 0.229 e. The largest absolute Gasteiger partial charge is 0.338 e. The molecule has 6 rings (SSSR count). The van der Waals surface area contributed by atoms with Crippen molar-refractivity contribution in [2.45, 2.75) is 45.4 Å². The summed E-state index contributed by atoms with van der Waals surface area (Å²) in [6.07, 6.45) is 7.00. The van der Waals surface area contributed by atoms with Crippen LogP contribution in [0.25, 0.3) is 11.0 Å². The van der Waals surface area contributed by atoms with Crippen molar-refractivity contribution in [2.75, 3.05) is 43.4 Å². The summed E-state index contributed by atoms with van der Waals surface area (Å²) >= 11 is 0. The van der Waals surface area contributed by atoms with Gasteiger partial charge in [0.25, 0.3) is 0 Å². The summed E-state index contributed by atoms with van der Waals surface area (Å²) in [6.45, 7) is 10.3. The molecule has 0 spiro atoms. The lowest BCUT2D eigenvalue weighted by molar-refractivity contribution is 0.167. The molecule has 4 aromatic rings. The third-order valence-corrected chi connectivity index (χ3v) is 8.51. The van der Waals surface area contributed by atoms with Gasteiger partial charge in [-0.2, -0.15) is 10.1 Å². The fourth-order valence-electron chi connectivity index (χ4n) is 6.17. The molecule has 2 saturated heterocycles. The fraction of sp³-hybridized carbons (Fsp3) is 0.452. The average Bonchev–Trinajstić information content (AvgIpc) is 3.26. The summed E-state index contributed by atoms with van der Waals surface area (Å²) in [5.41, 5.74) is 6.66. The standard InChI is InChI=1S/C31H40N8/c1-21-5-4-6-22(2)28(21)35-29-27-19-33-31(36-30(27)38(3)37-29)34-26-9-7-24(8-10-26)25-13-17-39(18-14-25)20-23-11-15-32-16-12-23/h4-10,19,23,25,32H,11-18,20H2,1-3H3,(H,35,37)(H,33,34,36). The minimum atomic E-state index is 0.572. The third-order valence-electron chi connectivity index (χ3n) is 8.51. The molecular formula is C31H40N8. The van der Waals surface area contributed by atoms with E-state index in [2.05, 4.69) is 87.2 Å². The number of piperidine rings is 2. The van der Waals surface area contributed by atoms with E-state index >= 15 is 0 Å². The zero-order chi connectivity index (χ0) is 26.8. The van der Waals surface area contributed by atoms with Gasteiger partial charge in [-0.3, -0.25) is 0 Å². The van der Waals surface area contributed by atoms with Crippen LogP contribution in [0.2, 0.25) is 0 Å². The van der Waals surface area contributed by atoms with Crippen molar-refractivity contribution in [3.05, 3.63) is 65.4 Å². The van der Waals surface area contributed by atoms with Crippen LogP contribution in [0.5, 0.6) is 0 Å². The Morgan fingerprint density at radius 3 is 2.36 bits per heavy atom. The molecule has 0 amide bonds. The first-order valence-electron chi connectivity index (χ1n) is 14.4. The minimum absolute atomic E-state index is 0.572. The van der Waals surface area contributed by atoms with Crippen LogP contribution in [-0.2, 0) is 7.05 Å². The molecule has 3 N–H and O–H groups in total. The molecule has 0 aliphatic carbocycles. The molecule has 0 bridgehead atoms. The molecule has 2 aliphatic heterocycles. The highest BCUT2D eigenvalue weighted by Gasteiger charge is 2.23. The molecule has 8 nitrogen and oxygen atoms in total. The van der Waals surface area contributed by atoms with Gasteiger partial charge in [-0.25, -0.2) is 9.67 Å². The molecule has 0 unspecified atom stereocenters. The Hall–Kier alpha value is -3.49. The topological polar surface area (TPSA) is 82.9 Å². The molecule has 0 radical (unpaired) electrons. The van der Waals surface area contributed by atoms with Gasteiger partial charge in [-0.05, 0) is 106 Å². The normalized spacial score (nSPS) is 17.5. The van der Waals surface area contributed by atoms with Crippen LogP contribution in [0.15, 0.2) is 48.7 Å². The molecule has 204 valence electrons. The summed E-state index contributed by atoms with van der Waals surface area (Å²) in [5, 5.41) is 15.9. The van der Waals surface area contributed by atoms with E-state index in [-0.39, 0.29) is 0 Å². The fourth-order valence-corrected chi connectivity index (χ4v) is 6.17. The number of aryl methyl sites for hydroxylation is 3. The molecule has 0 saturated carbocycles. The SMILES string of the molecule is Cc1cccc(C)c1Nc1nn(C)c2nc(Nc3ccc(C4CCN(CC5CCNCC5)CC4)cc3)ncc12. The molecule has 4 heterocycles. The number of likely N-dealkylation sites (tertiary alicyclic amines) is 1. The smallest absolute Gasteiger partial charge is 0.229 e. The van der Waals surface area contributed by atoms with E-state index in [9.17, 15) is 0 Å². The average molecular weight is 525 g/mol. The van der Waals surface area contributed by atoms with Gasteiger partial charge in [-0.1, -0.05) is 30.3 Å². The van der Waals surface area contributed by atoms with E-state index in [0.29, 0.717) is 11.9 Å². The van der Waals surface area contributed by atoms with Gasteiger partial charge >= 0.3 is 0 Å². The van der Waals surface area contributed by atoms with Gasteiger partial charge in [0.05, 0.1) is 5.39 Å². The molecule has 0 atom stereocenters. The lowest BCUT2D eigenvalue weighted by atomic mass is 9.88. The molecule has 8 heteroatoms. The lowest BCUT2D eigenvalue weighted by Crippen LogP contribution is -2.39. The van der Waals surface area contributed by atoms with Gasteiger partial charge in [0.15, 0.2) is 11.5 Å². The van der Waals surface area contributed by atoms with Crippen molar-refractivity contribution < 1.29 is 0 Å². The second kappa shape index (κ2) is 11.3. The highest BCUT2D eigenvalue weighted by molar-refractivity contribution is 5.90. The van der Waals surface area contributed by atoms with Crippen molar-refractivity contribution in [3.8, 4) is 0 Å². The monoisotopic (exact) mass is 524 g/mol. The molecule has 2 fully saturated rings.